The van der Waals surface area contributed by atoms with Gasteiger partial charge in [0.15, 0.2) is 5.69 Å². The third-order valence-electron chi connectivity index (χ3n) is 3.86. The van der Waals surface area contributed by atoms with Gasteiger partial charge in [0.05, 0.1) is 0 Å². The maximum absolute atomic E-state index is 12.5. The Morgan fingerprint density at radius 3 is 2.86 bits per heavy atom. The summed E-state index contributed by atoms with van der Waals surface area (Å²) < 4.78 is 5.44. The maximum Gasteiger partial charge on any atom is 0.275 e. The molecule has 1 saturated heterocycles. The number of nitrogens with one attached hydrogen (secondary N) is 1. The van der Waals surface area contributed by atoms with Gasteiger partial charge in [-0.05, 0) is 32.0 Å². The van der Waals surface area contributed by atoms with Crippen LogP contribution in [0.1, 0.15) is 23.3 Å². The molecule has 1 amide bonds. The van der Waals surface area contributed by atoms with E-state index in [0.29, 0.717) is 17.6 Å². The number of likely N-dealkylation sites (tertiary alicyclic amines) is 1. The number of nitrogens with zero attached hydrogens (tertiary/aromatic N) is 2. The number of amides is 1. The number of hydrogen-bond donors (Lipinski definition) is 1. The van der Waals surface area contributed by atoms with Crippen LogP contribution in [0.5, 0.6) is 0 Å². The van der Waals surface area contributed by atoms with Crippen LogP contribution in [0.3, 0.4) is 0 Å². The van der Waals surface area contributed by atoms with Crippen molar-refractivity contribution in [2.45, 2.75) is 18.9 Å². The molecule has 118 valence electrons. The fourth-order valence-electron chi connectivity index (χ4n) is 2.64. The Labute approximate surface area is 136 Å². The Morgan fingerprint density at radius 2 is 2.14 bits per heavy atom. The van der Waals surface area contributed by atoms with Crippen molar-refractivity contribution in [1.82, 2.24) is 15.2 Å². The fraction of sp³-hybridized carbons (Fsp3) is 0.375. The minimum atomic E-state index is -0.0547. The minimum absolute atomic E-state index is 0. The lowest BCUT2D eigenvalue weighted by atomic mass is 10.1. The number of carbonyl (C=O) groups is 1. The predicted molar refractivity (Wildman–Crippen MR) is 87.2 cm³/mol. The summed E-state index contributed by atoms with van der Waals surface area (Å²) in [6, 6.07) is 9.97. The number of likely N-dealkylation sites (N-methyl/N-ethyl adjacent to an activating group) is 1. The molecule has 1 aliphatic heterocycles. The topological polar surface area (TPSA) is 58.4 Å². The summed E-state index contributed by atoms with van der Waals surface area (Å²) in [4.78, 5) is 18.7. The smallest absolute Gasteiger partial charge is 0.275 e. The van der Waals surface area contributed by atoms with Crippen molar-refractivity contribution in [3.05, 3.63) is 42.3 Å². The standard InChI is InChI=1S/C16H19N3O2.ClH/c1-17-13-8-5-9-19(10-13)16(20)14-11-21-15(18-14)12-6-3-2-4-7-12;/h2-4,6-7,11,13,17H,5,8-10H2,1H3;1H. The van der Waals surface area contributed by atoms with Crippen molar-refractivity contribution in [3.63, 3.8) is 0 Å². The first-order valence-electron chi connectivity index (χ1n) is 7.25. The molecule has 0 saturated carbocycles. The van der Waals surface area contributed by atoms with Gasteiger partial charge in [-0.1, -0.05) is 18.2 Å². The number of piperidine rings is 1. The molecule has 6 heteroatoms. The number of benzene rings is 1. The van der Waals surface area contributed by atoms with Crippen LogP contribution in [0.2, 0.25) is 0 Å². The van der Waals surface area contributed by atoms with E-state index in [0.717, 1.165) is 31.5 Å². The average Bonchev–Trinajstić information content (AvgIpc) is 3.05. The van der Waals surface area contributed by atoms with Gasteiger partial charge in [-0.25, -0.2) is 4.98 Å². The Morgan fingerprint density at radius 1 is 1.36 bits per heavy atom. The minimum Gasteiger partial charge on any atom is -0.444 e. The molecule has 5 nitrogen and oxygen atoms in total. The van der Waals surface area contributed by atoms with Crippen LogP contribution in [0.25, 0.3) is 11.5 Å². The number of rotatable bonds is 3. The second kappa shape index (κ2) is 7.42. The molecule has 2 aromatic rings. The van der Waals surface area contributed by atoms with Gasteiger partial charge in [0.25, 0.3) is 5.91 Å². The highest BCUT2D eigenvalue weighted by molar-refractivity contribution is 5.92. The van der Waals surface area contributed by atoms with Gasteiger partial charge in [-0.2, -0.15) is 0 Å². The van der Waals surface area contributed by atoms with Crippen molar-refractivity contribution >= 4 is 18.3 Å². The Kier molecular flexibility index (Phi) is 5.57. The van der Waals surface area contributed by atoms with Crippen molar-refractivity contribution < 1.29 is 9.21 Å². The first-order valence-corrected chi connectivity index (χ1v) is 7.25. The van der Waals surface area contributed by atoms with Crippen molar-refractivity contribution in [2.75, 3.05) is 20.1 Å². The van der Waals surface area contributed by atoms with Gasteiger partial charge in [0.2, 0.25) is 5.89 Å². The van der Waals surface area contributed by atoms with E-state index in [1.165, 1.54) is 6.26 Å². The van der Waals surface area contributed by atoms with Gasteiger partial charge >= 0.3 is 0 Å². The van der Waals surface area contributed by atoms with Crippen LogP contribution in [-0.2, 0) is 0 Å². The Bertz CT molecular complexity index is 615. The summed E-state index contributed by atoms with van der Waals surface area (Å²) in [6.45, 7) is 1.51. The summed E-state index contributed by atoms with van der Waals surface area (Å²) in [6.07, 6.45) is 3.57. The third kappa shape index (κ3) is 3.48. The second-order valence-corrected chi connectivity index (χ2v) is 5.28. The first-order chi connectivity index (χ1) is 10.3. The molecule has 3 rings (SSSR count). The number of oxazole rings is 1. The van der Waals surface area contributed by atoms with E-state index in [-0.39, 0.29) is 18.3 Å². The Balaban J connectivity index is 0.00000176. The van der Waals surface area contributed by atoms with E-state index in [1.807, 2.05) is 42.3 Å². The molecule has 1 fully saturated rings. The van der Waals surface area contributed by atoms with Gasteiger partial charge < -0.3 is 14.6 Å². The zero-order valence-electron chi connectivity index (χ0n) is 12.5. The van der Waals surface area contributed by atoms with Gasteiger partial charge in [0, 0.05) is 24.7 Å². The molecule has 1 aliphatic rings. The van der Waals surface area contributed by atoms with Crippen LogP contribution < -0.4 is 5.32 Å². The number of halogens is 1. The molecule has 2 heterocycles. The highest BCUT2D eigenvalue weighted by atomic mass is 35.5. The maximum atomic E-state index is 12.5. The highest BCUT2D eigenvalue weighted by Crippen LogP contribution is 2.20. The van der Waals surface area contributed by atoms with E-state index in [9.17, 15) is 4.79 Å². The molecule has 1 aromatic carbocycles. The van der Waals surface area contributed by atoms with Crippen molar-refractivity contribution in [2.24, 2.45) is 0 Å². The summed E-state index contributed by atoms with van der Waals surface area (Å²) in [7, 11) is 1.93. The second-order valence-electron chi connectivity index (χ2n) is 5.28. The molecular weight excluding hydrogens is 302 g/mol. The molecule has 0 aliphatic carbocycles. The van der Waals surface area contributed by atoms with E-state index in [1.54, 1.807) is 0 Å². The third-order valence-corrected chi connectivity index (χ3v) is 3.86. The van der Waals surface area contributed by atoms with Crippen molar-refractivity contribution in [3.8, 4) is 11.5 Å². The fourth-order valence-corrected chi connectivity index (χ4v) is 2.64. The van der Waals surface area contributed by atoms with Crippen LogP contribution >= 0.6 is 12.4 Å². The lowest BCUT2D eigenvalue weighted by Crippen LogP contribution is -2.47. The van der Waals surface area contributed by atoms with Gasteiger partial charge in [-0.15, -0.1) is 12.4 Å². The largest absolute Gasteiger partial charge is 0.444 e. The molecule has 0 spiro atoms. The van der Waals surface area contributed by atoms with E-state index >= 15 is 0 Å². The molecule has 0 bridgehead atoms. The van der Waals surface area contributed by atoms with Crippen LogP contribution in [-0.4, -0.2) is 42.0 Å². The summed E-state index contributed by atoms with van der Waals surface area (Å²) in [5.74, 6) is 0.432. The SMILES string of the molecule is CNC1CCCN(C(=O)c2coc(-c3ccccc3)n2)C1.Cl. The zero-order chi connectivity index (χ0) is 14.7. The van der Waals surface area contributed by atoms with Crippen LogP contribution in [0.15, 0.2) is 41.0 Å². The Hall–Kier alpha value is -1.85. The van der Waals surface area contributed by atoms with E-state index in [2.05, 4.69) is 10.3 Å². The first kappa shape index (κ1) is 16.5. The summed E-state index contributed by atoms with van der Waals surface area (Å²) in [5, 5.41) is 3.23. The van der Waals surface area contributed by atoms with Gasteiger partial charge in [-0.3, -0.25) is 4.79 Å². The predicted octanol–water partition coefficient (Wildman–Crippen LogP) is 2.59. The quantitative estimate of drug-likeness (QED) is 0.944. The lowest BCUT2D eigenvalue weighted by molar-refractivity contribution is 0.0692. The lowest BCUT2D eigenvalue weighted by Gasteiger charge is -2.31. The highest BCUT2D eigenvalue weighted by Gasteiger charge is 2.25. The molecule has 22 heavy (non-hydrogen) atoms. The number of carbonyl (C=O) groups excluding carboxylic acids is 1. The number of aromatic nitrogens is 1. The molecule has 1 atom stereocenters. The summed E-state index contributed by atoms with van der Waals surface area (Å²) in [5.41, 5.74) is 1.26. The monoisotopic (exact) mass is 321 g/mol. The van der Waals surface area contributed by atoms with Crippen LogP contribution in [0.4, 0.5) is 0 Å². The van der Waals surface area contributed by atoms with Crippen LogP contribution in [0, 0.1) is 0 Å². The normalized spacial score (nSPS) is 17.9. The van der Waals surface area contributed by atoms with Gasteiger partial charge in [0.1, 0.15) is 6.26 Å². The van der Waals surface area contributed by atoms with E-state index < -0.39 is 0 Å². The zero-order valence-corrected chi connectivity index (χ0v) is 13.3. The molecule has 1 aromatic heterocycles. The average molecular weight is 322 g/mol. The molecular formula is C16H20ClN3O2. The molecule has 1 N–H and O–H groups in total. The van der Waals surface area contributed by atoms with E-state index in [4.69, 9.17) is 4.42 Å². The number of hydrogen-bond acceptors (Lipinski definition) is 4. The van der Waals surface area contributed by atoms with Crippen molar-refractivity contribution in [1.29, 1.82) is 0 Å². The summed E-state index contributed by atoms with van der Waals surface area (Å²) >= 11 is 0. The molecule has 0 radical (unpaired) electrons. The molecule has 1 unspecified atom stereocenters.